The Morgan fingerprint density at radius 1 is 0.964 bits per heavy atom. The van der Waals surface area contributed by atoms with E-state index in [4.69, 9.17) is 4.42 Å². The molecule has 1 amide bonds. The van der Waals surface area contributed by atoms with Gasteiger partial charge in [-0.2, -0.15) is 5.10 Å². The highest BCUT2D eigenvalue weighted by Gasteiger charge is 2.18. The van der Waals surface area contributed by atoms with Crippen molar-refractivity contribution in [2.45, 2.75) is 19.6 Å². The van der Waals surface area contributed by atoms with E-state index < -0.39 is 0 Å². The molecule has 2 aromatic heterocycles. The van der Waals surface area contributed by atoms with Gasteiger partial charge in [-0.05, 0) is 23.8 Å². The Kier molecular flexibility index (Phi) is 5.01. The molecule has 6 heteroatoms. The summed E-state index contributed by atoms with van der Waals surface area (Å²) in [5, 5.41) is 5.47. The van der Waals surface area contributed by atoms with Crippen LogP contribution in [-0.2, 0) is 24.4 Å². The van der Waals surface area contributed by atoms with Gasteiger partial charge in [-0.1, -0.05) is 48.5 Å². The summed E-state index contributed by atoms with van der Waals surface area (Å²) in [6.45, 7) is 0.614. The van der Waals surface area contributed by atoms with Gasteiger partial charge in [-0.25, -0.2) is 4.68 Å². The minimum absolute atomic E-state index is 0.128. The summed E-state index contributed by atoms with van der Waals surface area (Å²) in [4.78, 5) is 27.4. The second-order valence-corrected chi connectivity index (χ2v) is 6.51. The Morgan fingerprint density at radius 2 is 1.75 bits per heavy atom. The summed E-state index contributed by atoms with van der Waals surface area (Å²) < 4.78 is 6.62. The van der Waals surface area contributed by atoms with E-state index in [1.54, 1.807) is 35.6 Å². The minimum Gasteiger partial charge on any atom is -0.467 e. The molecule has 6 nitrogen and oxygen atoms in total. The van der Waals surface area contributed by atoms with E-state index in [2.05, 4.69) is 5.10 Å². The fourth-order valence-corrected chi connectivity index (χ4v) is 3.10. The van der Waals surface area contributed by atoms with Crippen LogP contribution in [0.4, 0.5) is 0 Å². The molecule has 0 bridgehead atoms. The highest BCUT2D eigenvalue weighted by Crippen LogP contribution is 2.12. The molecule has 0 spiro atoms. The molecule has 2 aromatic carbocycles. The topological polar surface area (TPSA) is 68.3 Å². The van der Waals surface area contributed by atoms with E-state index in [1.165, 1.54) is 4.68 Å². The first kappa shape index (κ1) is 17.7. The first-order valence-corrected chi connectivity index (χ1v) is 8.99. The Morgan fingerprint density at radius 3 is 2.54 bits per heavy atom. The van der Waals surface area contributed by atoms with E-state index >= 15 is 0 Å². The van der Waals surface area contributed by atoms with Crippen molar-refractivity contribution in [1.82, 2.24) is 14.7 Å². The molecule has 2 heterocycles. The normalized spacial score (nSPS) is 10.9. The maximum Gasteiger partial charge on any atom is 0.275 e. The summed E-state index contributed by atoms with van der Waals surface area (Å²) in [5.74, 6) is 0.480. The number of hydrogen-bond donors (Lipinski definition) is 0. The molecule has 0 aliphatic heterocycles. The van der Waals surface area contributed by atoms with E-state index in [-0.39, 0.29) is 18.0 Å². The number of fused-ring (bicyclic) bond motifs is 1. The third kappa shape index (κ3) is 3.86. The van der Waals surface area contributed by atoms with Gasteiger partial charge in [-0.15, -0.1) is 0 Å². The molecule has 0 fully saturated rings. The molecule has 0 aliphatic rings. The van der Waals surface area contributed by atoms with Crippen molar-refractivity contribution in [3.8, 4) is 0 Å². The van der Waals surface area contributed by atoms with Crippen LogP contribution in [0.3, 0.4) is 0 Å². The number of hydrogen-bond acceptors (Lipinski definition) is 4. The number of carbonyl (C=O) groups is 1. The fraction of sp³-hybridized carbons (Fsp3) is 0.136. The number of benzene rings is 2. The van der Waals surface area contributed by atoms with Gasteiger partial charge in [0.1, 0.15) is 12.3 Å². The molecule has 28 heavy (non-hydrogen) atoms. The van der Waals surface area contributed by atoms with Crippen LogP contribution in [0.1, 0.15) is 11.3 Å². The first-order chi connectivity index (χ1) is 13.7. The molecule has 4 rings (SSSR count). The van der Waals surface area contributed by atoms with Crippen molar-refractivity contribution >= 4 is 16.7 Å². The predicted molar refractivity (Wildman–Crippen MR) is 105 cm³/mol. The largest absolute Gasteiger partial charge is 0.467 e. The monoisotopic (exact) mass is 373 g/mol. The van der Waals surface area contributed by atoms with E-state index in [0.717, 1.165) is 10.9 Å². The van der Waals surface area contributed by atoms with Crippen LogP contribution in [-0.4, -0.2) is 20.6 Å². The van der Waals surface area contributed by atoms with Gasteiger partial charge >= 0.3 is 0 Å². The molecular weight excluding hydrogens is 354 g/mol. The fourth-order valence-electron chi connectivity index (χ4n) is 3.10. The Balaban J connectivity index is 1.60. The van der Waals surface area contributed by atoms with Gasteiger partial charge in [0.25, 0.3) is 5.56 Å². The summed E-state index contributed by atoms with van der Waals surface area (Å²) >= 11 is 0. The minimum atomic E-state index is -0.274. The van der Waals surface area contributed by atoms with Gasteiger partial charge < -0.3 is 9.32 Å². The zero-order valence-corrected chi connectivity index (χ0v) is 15.2. The van der Waals surface area contributed by atoms with Crippen LogP contribution >= 0.6 is 0 Å². The quantitative estimate of drug-likeness (QED) is 0.520. The number of carbonyl (C=O) groups excluding carboxylic acids is 1. The van der Waals surface area contributed by atoms with E-state index in [1.807, 2.05) is 48.5 Å². The number of nitrogens with zero attached hydrogens (tertiary/aromatic N) is 3. The molecule has 0 saturated carbocycles. The van der Waals surface area contributed by atoms with Crippen molar-refractivity contribution in [2.75, 3.05) is 0 Å². The maximum atomic E-state index is 13.0. The Labute approximate surface area is 161 Å². The smallest absolute Gasteiger partial charge is 0.275 e. The van der Waals surface area contributed by atoms with Crippen molar-refractivity contribution in [3.63, 3.8) is 0 Å². The van der Waals surface area contributed by atoms with Gasteiger partial charge in [0.2, 0.25) is 5.91 Å². The number of rotatable bonds is 6. The van der Waals surface area contributed by atoms with Crippen LogP contribution in [0.5, 0.6) is 0 Å². The lowest BCUT2D eigenvalue weighted by Gasteiger charge is -2.22. The van der Waals surface area contributed by atoms with Crippen LogP contribution in [0.25, 0.3) is 10.8 Å². The van der Waals surface area contributed by atoms with Crippen molar-refractivity contribution < 1.29 is 9.21 Å². The SMILES string of the molecule is O=C(Cn1ncc2ccccc2c1=O)N(Cc1ccccc1)Cc1ccco1. The lowest BCUT2D eigenvalue weighted by Crippen LogP contribution is -2.36. The first-order valence-electron chi connectivity index (χ1n) is 8.99. The van der Waals surface area contributed by atoms with Gasteiger partial charge in [0.05, 0.1) is 24.4 Å². The summed E-state index contributed by atoms with van der Waals surface area (Å²) in [7, 11) is 0. The summed E-state index contributed by atoms with van der Waals surface area (Å²) in [6.07, 6.45) is 3.19. The third-order valence-corrected chi connectivity index (χ3v) is 4.54. The zero-order valence-electron chi connectivity index (χ0n) is 15.2. The molecule has 4 aromatic rings. The van der Waals surface area contributed by atoms with E-state index in [9.17, 15) is 9.59 Å². The van der Waals surface area contributed by atoms with Crippen molar-refractivity contribution in [3.05, 3.63) is 101 Å². The Bertz CT molecular complexity index is 1130. The Hall–Kier alpha value is -3.67. The molecule has 0 atom stereocenters. The second-order valence-electron chi connectivity index (χ2n) is 6.51. The van der Waals surface area contributed by atoms with Gasteiger partial charge in [0, 0.05) is 11.9 Å². The van der Waals surface area contributed by atoms with Crippen molar-refractivity contribution in [2.24, 2.45) is 0 Å². The lowest BCUT2D eigenvalue weighted by molar-refractivity contribution is -0.133. The maximum absolute atomic E-state index is 13.0. The summed E-state index contributed by atoms with van der Waals surface area (Å²) in [6, 6.07) is 20.5. The lowest BCUT2D eigenvalue weighted by atomic mass is 10.2. The predicted octanol–water partition coefficient (Wildman–Crippen LogP) is 3.22. The average Bonchev–Trinajstić information content (AvgIpc) is 3.24. The van der Waals surface area contributed by atoms with Crippen LogP contribution in [0.2, 0.25) is 0 Å². The molecule has 0 aliphatic carbocycles. The van der Waals surface area contributed by atoms with Crippen molar-refractivity contribution in [1.29, 1.82) is 0 Å². The number of furan rings is 1. The molecule has 140 valence electrons. The van der Waals surface area contributed by atoms with E-state index in [0.29, 0.717) is 24.2 Å². The average molecular weight is 373 g/mol. The highest BCUT2D eigenvalue weighted by molar-refractivity contribution is 5.81. The third-order valence-electron chi connectivity index (χ3n) is 4.54. The number of amides is 1. The molecule has 0 radical (unpaired) electrons. The summed E-state index contributed by atoms with van der Waals surface area (Å²) in [5.41, 5.74) is 0.727. The molecular formula is C22H19N3O3. The van der Waals surface area contributed by atoms with Crippen LogP contribution < -0.4 is 5.56 Å². The standard InChI is InChI=1S/C22H19N3O3/c26-21(16-25-22(27)20-11-5-4-9-18(20)13-23-25)24(15-19-10-6-12-28-19)14-17-7-2-1-3-8-17/h1-13H,14-16H2. The molecule has 0 unspecified atom stereocenters. The zero-order chi connectivity index (χ0) is 19.3. The molecule has 0 N–H and O–H groups in total. The number of aromatic nitrogens is 2. The van der Waals surface area contributed by atoms with Gasteiger partial charge in [0.15, 0.2) is 0 Å². The van der Waals surface area contributed by atoms with Crippen LogP contribution in [0.15, 0.2) is 88.4 Å². The molecule has 0 saturated heterocycles. The second kappa shape index (κ2) is 7.92. The van der Waals surface area contributed by atoms with Crippen LogP contribution in [0, 0.1) is 0 Å². The highest BCUT2D eigenvalue weighted by atomic mass is 16.3. The van der Waals surface area contributed by atoms with Gasteiger partial charge in [-0.3, -0.25) is 9.59 Å².